The fraction of sp³-hybridized carbons (Fsp3) is 0.895. The zero-order valence-corrected chi connectivity index (χ0v) is 45.2. The molecule has 12 heteroatoms. The molecule has 0 saturated carbocycles. The van der Waals surface area contributed by atoms with E-state index in [1.165, 1.54) is 167 Å². The summed E-state index contributed by atoms with van der Waals surface area (Å²) in [7, 11) is 1.63. The minimum Gasteiger partial charge on any atom is -0.462 e. The van der Waals surface area contributed by atoms with Gasteiger partial charge in [-0.2, -0.15) is 0 Å². The van der Waals surface area contributed by atoms with Crippen molar-refractivity contribution in [2.45, 2.75) is 213 Å². The molecule has 0 aliphatic carbocycles. The van der Waals surface area contributed by atoms with Gasteiger partial charge in [0.05, 0.1) is 79.2 Å². The fourth-order valence-electron chi connectivity index (χ4n) is 7.64. The van der Waals surface area contributed by atoms with Crippen LogP contribution in [0.15, 0.2) is 24.3 Å². The van der Waals surface area contributed by atoms with E-state index >= 15 is 0 Å². The minimum atomic E-state index is -0.344. The Balaban J connectivity index is 4.05. The van der Waals surface area contributed by atoms with Gasteiger partial charge in [0.25, 0.3) is 0 Å². The molecule has 1 unspecified atom stereocenters. The van der Waals surface area contributed by atoms with Crippen LogP contribution in [0.1, 0.15) is 206 Å². The predicted molar refractivity (Wildman–Crippen MR) is 286 cm³/mol. The van der Waals surface area contributed by atoms with Gasteiger partial charge in [-0.05, 0) is 77.2 Å². The second-order valence-electron chi connectivity index (χ2n) is 18.6. The van der Waals surface area contributed by atoms with Crippen LogP contribution in [0.5, 0.6) is 0 Å². The number of unbranched alkanes of at least 4 members (excludes halogenated alkanes) is 24. The number of allylic oxidation sites excluding steroid dienone is 4. The Morgan fingerprint density at radius 2 is 0.812 bits per heavy atom. The second kappa shape index (κ2) is 60.6. The summed E-state index contributed by atoms with van der Waals surface area (Å²) < 4.78 is 45.3. The van der Waals surface area contributed by atoms with Gasteiger partial charge in [0, 0.05) is 33.3 Å². The van der Waals surface area contributed by atoms with Crippen molar-refractivity contribution in [1.29, 1.82) is 0 Å². The molecule has 0 bridgehead atoms. The number of rotatable bonds is 60. The van der Waals surface area contributed by atoms with Gasteiger partial charge in [0.2, 0.25) is 0 Å². The number of esters is 1. The number of Topliss-reactive ketones (excluding diaryl/α,β-unsaturated/α-hetero) is 1. The summed E-state index contributed by atoms with van der Waals surface area (Å²) in [5, 5.41) is 6.04. The van der Waals surface area contributed by atoms with Crippen molar-refractivity contribution in [3.8, 4) is 0 Å². The zero-order valence-electron chi connectivity index (χ0n) is 45.2. The van der Waals surface area contributed by atoms with Crippen molar-refractivity contribution in [1.82, 2.24) is 10.6 Å². The van der Waals surface area contributed by atoms with Crippen molar-refractivity contribution in [3.63, 3.8) is 0 Å². The normalized spacial score (nSPS) is 12.3. The first-order valence-corrected chi connectivity index (χ1v) is 28.5. The molecular formula is C57H110N2O10. The summed E-state index contributed by atoms with van der Waals surface area (Å²) >= 11 is 0. The molecule has 408 valence electrons. The molecule has 0 rings (SSSR count). The molecule has 0 aromatic heterocycles. The van der Waals surface area contributed by atoms with E-state index in [0.29, 0.717) is 98.5 Å². The number of ether oxygens (including phenoxy) is 8. The van der Waals surface area contributed by atoms with Gasteiger partial charge in [-0.15, -0.1) is 0 Å². The molecule has 0 aliphatic rings. The SMILES string of the molecule is CCCCCCCC/C=C\CCCCCCCCOCC(COCCOCCOCCOCCOC(=O)CNCCCC(=O)CNCCOC)OCCCCCCCC/C=C\CCCCCCCC. The van der Waals surface area contributed by atoms with Gasteiger partial charge in [-0.25, -0.2) is 0 Å². The summed E-state index contributed by atoms with van der Waals surface area (Å²) in [6, 6.07) is 0. The van der Waals surface area contributed by atoms with Crippen LogP contribution in [-0.4, -0.2) is 137 Å². The van der Waals surface area contributed by atoms with Crippen LogP contribution in [0, 0.1) is 0 Å². The first-order valence-electron chi connectivity index (χ1n) is 28.5. The van der Waals surface area contributed by atoms with E-state index in [0.717, 1.165) is 26.1 Å². The predicted octanol–water partition coefficient (Wildman–Crippen LogP) is 12.2. The number of ketones is 1. The summed E-state index contributed by atoms with van der Waals surface area (Å²) in [6.45, 7) is 12.6. The molecule has 0 saturated heterocycles. The van der Waals surface area contributed by atoms with E-state index < -0.39 is 0 Å². The van der Waals surface area contributed by atoms with Crippen LogP contribution in [0.25, 0.3) is 0 Å². The average molecular weight is 984 g/mol. The summed E-state index contributed by atoms with van der Waals surface area (Å²) in [6.07, 6.45) is 47.1. The minimum absolute atomic E-state index is 0.0708. The lowest BCUT2D eigenvalue weighted by molar-refractivity contribution is -0.144. The Hall–Kier alpha value is -1.74. The second-order valence-corrected chi connectivity index (χ2v) is 18.6. The first-order chi connectivity index (χ1) is 34.1. The number of hydrogen-bond donors (Lipinski definition) is 2. The third kappa shape index (κ3) is 58.7. The molecule has 0 aromatic rings. The smallest absolute Gasteiger partial charge is 0.319 e. The molecule has 0 spiro atoms. The van der Waals surface area contributed by atoms with E-state index in [1.54, 1.807) is 7.11 Å². The third-order valence-electron chi connectivity index (χ3n) is 11.9. The Kier molecular flexibility index (Phi) is 59.0. The molecule has 12 nitrogen and oxygen atoms in total. The highest BCUT2D eigenvalue weighted by atomic mass is 16.6. The van der Waals surface area contributed by atoms with Gasteiger partial charge in [-0.3, -0.25) is 9.59 Å². The van der Waals surface area contributed by atoms with Crippen molar-refractivity contribution in [2.24, 2.45) is 0 Å². The largest absolute Gasteiger partial charge is 0.462 e. The third-order valence-corrected chi connectivity index (χ3v) is 11.9. The molecule has 0 radical (unpaired) electrons. The van der Waals surface area contributed by atoms with Crippen molar-refractivity contribution in [2.75, 3.05) is 119 Å². The number of methoxy groups -OCH3 is 1. The van der Waals surface area contributed by atoms with E-state index in [1.807, 2.05) is 0 Å². The maximum absolute atomic E-state index is 11.9. The van der Waals surface area contributed by atoms with Gasteiger partial charge in [0.1, 0.15) is 18.5 Å². The summed E-state index contributed by atoms with van der Waals surface area (Å²) in [5.41, 5.74) is 0. The lowest BCUT2D eigenvalue weighted by Gasteiger charge is -2.18. The van der Waals surface area contributed by atoms with E-state index in [2.05, 4.69) is 48.8 Å². The van der Waals surface area contributed by atoms with E-state index in [9.17, 15) is 9.59 Å². The highest BCUT2D eigenvalue weighted by Gasteiger charge is 2.11. The maximum atomic E-state index is 11.9. The van der Waals surface area contributed by atoms with Crippen molar-refractivity contribution in [3.05, 3.63) is 24.3 Å². The van der Waals surface area contributed by atoms with Crippen molar-refractivity contribution < 1.29 is 47.5 Å². The number of carbonyl (C=O) groups excluding carboxylic acids is 2. The highest BCUT2D eigenvalue weighted by molar-refractivity contribution is 5.80. The highest BCUT2D eigenvalue weighted by Crippen LogP contribution is 2.12. The first kappa shape index (κ1) is 67.3. The Morgan fingerprint density at radius 1 is 0.406 bits per heavy atom. The molecule has 0 aliphatic heterocycles. The average Bonchev–Trinajstić information content (AvgIpc) is 3.35. The zero-order chi connectivity index (χ0) is 49.9. The molecule has 69 heavy (non-hydrogen) atoms. The standard InChI is InChI=1S/C57H110N2O10/c1-4-6-8-10-12-14-16-18-20-22-24-26-28-30-32-34-40-66-53-56(68-41-35-33-31-29-27-25-23-21-19-17-15-13-11-9-7-5-2)54-67-48-47-64-44-43-63-45-46-65-49-50-69-57(61)52-58-38-36-37-55(60)51-59-39-42-62-3/h18-21,56,58-59H,4-17,22-54H2,1-3H3/b20-18-,21-19-. The Morgan fingerprint density at radius 3 is 1.30 bits per heavy atom. The van der Waals surface area contributed by atoms with Crippen LogP contribution < -0.4 is 10.6 Å². The topological polar surface area (TPSA) is 132 Å². The number of nitrogens with one attached hydrogen (secondary N) is 2. The van der Waals surface area contributed by atoms with Gasteiger partial charge in [0.15, 0.2) is 0 Å². The Bertz CT molecular complexity index is 1080. The molecule has 0 heterocycles. The number of carbonyl (C=O) groups is 2. The molecule has 0 amide bonds. The Labute approximate surface area is 424 Å². The summed E-state index contributed by atoms with van der Waals surface area (Å²) in [4.78, 5) is 23.7. The molecule has 2 N–H and O–H groups in total. The quantitative estimate of drug-likeness (QED) is 0.0342. The molecule has 1 atom stereocenters. The lowest BCUT2D eigenvalue weighted by atomic mass is 10.1. The fourth-order valence-corrected chi connectivity index (χ4v) is 7.64. The lowest BCUT2D eigenvalue weighted by Crippen LogP contribution is -2.28. The van der Waals surface area contributed by atoms with Crippen LogP contribution in [0.4, 0.5) is 0 Å². The van der Waals surface area contributed by atoms with Crippen LogP contribution in [0.3, 0.4) is 0 Å². The number of hydrogen-bond acceptors (Lipinski definition) is 12. The van der Waals surface area contributed by atoms with Crippen LogP contribution >= 0.6 is 0 Å². The van der Waals surface area contributed by atoms with Crippen LogP contribution in [0.2, 0.25) is 0 Å². The molecular weight excluding hydrogens is 873 g/mol. The van der Waals surface area contributed by atoms with E-state index in [4.69, 9.17) is 37.9 Å². The van der Waals surface area contributed by atoms with E-state index in [-0.39, 0.29) is 31.0 Å². The van der Waals surface area contributed by atoms with Gasteiger partial charge >= 0.3 is 5.97 Å². The molecule has 0 aromatic carbocycles. The van der Waals surface area contributed by atoms with Gasteiger partial charge in [-0.1, -0.05) is 154 Å². The van der Waals surface area contributed by atoms with Gasteiger partial charge < -0.3 is 48.5 Å². The summed E-state index contributed by atoms with van der Waals surface area (Å²) in [5.74, 6) is -0.201. The maximum Gasteiger partial charge on any atom is 0.319 e. The molecule has 0 fully saturated rings. The monoisotopic (exact) mass is 983 g/mol. The van der Waals surface area contributed by atoms with Crippen LogP contribution in [-0.2, 0) is 47.5 Å². The van der Waals surface area contributed by atoms with Crippen molar-refractivity contribution >= 4 is 11.8 Å².